The predicted molar refractivity (Wildman–Crippen MR) is 68.9 cm³/mol. The zero-order chi connectivity index (χ0) is 16.4. The first-order valence-electron chi connectivity index (χ1n) is 5.63. The quantitative estimate of drug-likeness (QED) is 0.787. The summed E-state index contributed by atoms with van der Waals surface area (Å²) in [6.45, 7) is 1.07. The molecule has 10 heteroatoms. The third kappa shape index (κ3) is 4.08. The van der Waals surface area contributed by atoms with Gasteiger partial charge in [0, 0.05) is 19.8 Å². The van der Waals surface area contributed by atoms with Crippen LogP contribution in [-0.2, 0) is 17.1 Å². The molecule has 0 aromatic carbocycles. The summed E-state index contributed by atoms with van der Waals surface area (Å²) in [6.07, 6.45) is -2.62. The van der Waals surface area contributed by atoms with Gasteiger partial charge in [-0.05, 0) is 6.07 Å². The molecule has 2 N–H and O–H groups in total. The lowest BCUT2D eigenvalue weighted by Crippen LogP contribution is -2.38. The van der Waals surface area contributed by atoms with Crippen LogP contribution in [-0.4, -0.2) is 42.5 Å². The number of halogens is 3. The van der Waals surface area contributed by atoms with Crippen LogP contribution in [0.4, 0.5) is 13.2 Å². The van der Waals surface area contributed by atoms with Crippen LogP contribution in [0.25, 0.3) is 0 Å². The normalized spacial score (nSPS) is 12.6. The monoisotopic (exact) mass is 325 g/mol. The second kappa shape index (κ2) is 5.90. The van der Waals surface area contributed by atoms with Crippen LogP contribution in [0, 0.1) is 0 Å². The Morgan fingerprint density at radius 1 is 1.52 bits per heavy atom. The van der Waals surface area contributed by atoms with E-state index >= 15 is 0 Å². The zero-order valence-corrected chi connectivity index (χ0v) is 11.9. The smallest absolute Gasteiger partial charge is 0.364 e. The lowest BCUT2D eigenvalue weighted by atomic mass is 10.4. The van der Waals surface area contributed by atoms with Gasteiger partial charge in [0.1, 0.15) is 17.1 Å². The maximum atomic E-state index is 12.5. The Hall–Kier alpha value is -1.81. The molecular weight excluding hydrogens is 311 g/mol. The fourth-order valence-corrected chi connectivity index (χ4v) is 3.13. The van der Waals surface area contributed by atoms with Crippen LogP contribution in [0.3, 0.4) is 0 Å². The van der Waals surface area contributed by atoms with E-state index in [1.165, 1.54) is 7.05 Å². The van der Waals surface area contributed by atoms with Crippen LogP contribution < -0.4 is 5.73 Å². The van der Waals surface area contributed by atoms with Gasteiger partial charge in [-0.2, -0.15) is 17.5 Å². The van der Waals surface area contributed by atoms with Crippen LogP contribution >= 0.6 is 0 Å². The third-order valence-corrected chi connectivity index (χ3v) is 4.34. The van der Waals surface area contributed by atoms with Crippen LogP contribution in [0.5, 0.6) is 0 Å². The number of nitrogens with two attached hydrogens (primary N) is 1. The number of rotatable bonds is 6. The molecule has 0 aliphatic carbocycles. The summed E-state index contributed by atoms with van der Waals surface area (Å²) in [5, 5.41) is 0. The number of primary amides is 1. The summed E-state index contributed by atoms with van der Waals surface area (Å²) in [7, 11) is -3.06. The van der Waals surface area contributed by atoms with E-state index in [1.807, 2.05) is 0 Å². The Morgan fingerprint density at radius 3 is 2.48 bits per heavy atom. The van der Waals surface area contributed by atoms with Gasteiger partial charge in [-0.25, -0.2) is 8.42 Å². The van der Waals surface area contributed by atoms with E-state index in [-0.39, 0.29) is 10.00 Å². The van der Waals surface area contributed by atoms with Gasteiger partial charge in [0.15, 0.2) is 0 Å². The predicted octanol–water partition coefficient (Wildman–Crippen LogP) is 0.863. The molecule has 1 amide bonds. The molecule has 1 aromatic heterocycles. The minimum Gasteiger partial charge on any atom is -0.364 e. The molecule has 0 saturated carbocycles. The van der Waals surface area contributed by atoms with E-state index in [4.69, 9.17) is 5.73 Å². The average molecular weight is 325 g/mol. The Kier molecular flexibility index (Phi) is 4.84. The second-order valence-corrected chi connectivity index (χ2v) is 6.18. The second-order valence-electron chi connectivity index (χ2n) is 4.24. The number of sulfonamides is 1. The first-order chi connectivity index (χ1) is 9.49. The number of aryl methyl sites for hydroxylation is 1. The number of amides is 1. The van der Waals surface area contributed by atoms with Gasteiger partial charge >= 0.3 is 6.18 Å². The Morgan fingerprint density at radius 2 is 2.10 bits per heavy atom. The largest absolute Gasteiger partial charge is 0.402 e. The summed E-state index contributed by atoms with van der Waals surface area (Å²) < 4.78 is 63.2. The standard InChI is InChI=1S/C11H14F3N3O3S/c1-3-4-17(7-11(12,13)14)21(19,20)8-5-9(10(15)18)16(2)6-8/h3,5-6H,1,4,7H2,2H3,(H2,15,18). The topological polar surface area (TPSA) is 85.4 Å². The van der Waals surface area contributed by atoms with Gasteiger partial charge < -0.3 is 10.3 Å². The molecule has 21 heavy (non-hydrogen) atoms. The van der Waals surface area contributed by atoms with Gasteiger partial charge in [-0.1, -0.05) is 6.08 Å². The maximum Gasteiger partial charge on any atom is 0.402 e. The molecule has 0 radical (unpaired) electrons. The molecule has 0 bridgehead atoms. The molecule has 1 heterocycles. The number of hydrogen-bond acceptors (Lipinski definition) is 3. The van der Waals surface area contributed by atoms with Gasteiger partial charge in [-0.15, -0.1) is 6.58 Å². The number of alkyl halides is 3. The highest BCUT2D eigenvalue weighted by Gasteiger charge is 2.37. The van der Waals surface area contributed by atoms with Crippen molar-refractivity contribution < 1.29 is 26.4 Å². The molecule has 0 aliphatic rings. The molecule has 0 spiro atoms. The molecule has 118 valence electrons. The van der Waals surface area contributed by atoms with Crippen molar-refractivity contribution in [1.29, 1.82) is 0 Å². The first-order valence-corrected chi connectivity index (χ1v) is 7.07. The van der Waals surface area contributed by atoms with Crippen molar-refractivity contribution in [2.24, 2.45) is 12.8 Å². The molecule has 0 unspecified atom stereocenters. The van der Waals surface area contributed by atoms with Crippen molar-refractivity contribution in [3.8, 4) is 0 Å². The van der Waals surface area contributed by atoms with E-state index in [2.05, 4.69) is 6.58 Å². The summed E-state index contributed by atoms with van der Waals surface area (Å²) >= 11 is 0. The lowest BCUT2D eigenvalue weighted by Gasteiger charge is -2.21. The Labute approximate surface area is 119 Å². The van der Waals surface area contributed by atoms with Gasteiger partial charge in [0.25, 0.3) is 5.91 Å². The van der Waals surface area contributed by atoms with Gasteiger partial charge in [0.2, 0.25) is 10.0 Å². The number of carbonyl (C=O) groups excluding carboxylic acids is 1. The average Bonchev–Trinajstić information content (AvgIpc) is 2.69. The van der Waals surface area contributed by atoms with Crippen LogP contribution in [0.1, 0.15) is 10.5 Å². The van der Waals surface area contributed by atoms with Gasteiger partial charge in [-0.3, -0.25) is 4.79 Å². The van der Waals surface area contributed by atoms with E-state index in [1.54, 1.807) is 0 Å². The minimum atomic E-state index is -4.70. The van der Waals surface area contributed by atoms with Crippen molar-refractivity contribution in [1.82, 2.24) is 8.87 Å². The van der Waals surface area contributed by atoms with Crippen molar-refractivity contribution in [2.45, 2.75) is 11.1 Å². The van der Waals surface area contributed by atoms with Crippen molar-refractivity contribution >= 4 is 15.9 Å². The molecular formula is C11H14F3N3O3S. The Bertz CT molecular complexity index is 649. The number of hydrogen-bond donors (Lipinski definition) is 1. The number of carbonyl (C=O) groups is 1. The highest BCUT2D eigenvalue weighted by Crippen LogP contribution is 2.23. The summed E-state index contributed by atoms with van der Waals surface area (Å²) in [5.41, 5.74) is 4.92. The van der Waals surface area contributed by atoms with Crippen molar-refractivity contribution in [2.75, 3.05) is 13.1 Å². The molecule has 1 aromatic rings. The summed E-state index contributed by atoms with van der Waals surface area (Å²) in [6, 6.07) is 0.935. The van der Waals surface area contributed by atoms with Crippen molar-refractivity contribution in [3.05, 3.63) is 30.6 Å². The highest BCUT2D eigenvalue weighted by molar-refractivity contribution is 7.89. The molecule has 0 aliphatic heterocycles. The Balaban J connectivity index is 3.26. The molecule has 0 saturated heterocycles. The third-order valence-electron chi connectivity index (χ3n) is 2.56. The summed E-state index contributed by atoms with van der Waals surface area (Å²) in [5.74, 6) is -0.884. The highest BCUT2D eigenvalue weighted by atomic mass is 32.2. The maximum absolute atomic E-state index is 12.5. The van der Waals surface area contributed by atoms with E-state index in [0.29, 0.717) is 0 Å². The first kappa shape index (κ1) is 17.2. The van der Waals surface area contributed by atoms with E-state index in [0.717, 1.165) is 22.9 Å². The fraction of sp³-hybridized carbons (Fsp3) is 0.364. The lowest BCUT2D eigenvalue weighted by molar-refractivity contribution is -0.135. The van der Waals surface area contributed by atoms with E-state index < -0.39 is 40.1 Å². The fourth-order valence-electron chi connectivity index (χ4n) is 1.66. The molecule has 1 rings (SSSR count). The number of nitrogens with zero attached hydrogens (tertiary/aromatic N) is 2. The molecule has 0 atom stereocenters. The number of aromatic nitrogens is 1. The van der Waals surface area contributed by atoms with Gasteiger partial charge in [0.05, 0.1) is 0 Å². The van der Waals surface area contributed by atoms with E-state index in [9.17, 15) is 26.4 Å². The SMILES string of the molecule is C=CCN(CC(F)(F)F)S(=O)(=O)c1cc(C(N)=O)n(C)c1. The van der Waals surface area contributed by atoms with Crippen LogP contribution in [0.2, 0.25) is 0 Å². The molecule has 6 nitrogen and oxygen atoms in total. The summed E-state index contributed by atoms with van der Waals surface area (Å²) in [4.78, 5) is 10.6. The zero-order valence-electron chi connectivity index (χ0n) is 11.1. The molecule has 0 fully saturated rings. The van der Waals surface area contributed by atoms with Crippen molar-refractivity contribution in [3.63, 3.8) is 0 Å². The minimum absolute atomic E-state index is 0.126. The van der Waals surface area contributed by atoms with Crippen LogP contribution in [0.15, 0.2) is 29.8 Å².